The number of rotatable bonds is 9. The van der Waals surface area contributed by atoms with Crippen LogP contribution < -0.4 is 23.3 Å². The molecule has 262 valence electrons. The first-order valence-electron chi connectivity index (χ1n) is 16.1. The van der Waals surface area contributed by atoms with Crippen molar-refractivity contribution in [1.82, 2.24) is 14.7 Å². The summed E-state index contributed by atoms with van der Waals surface area (Å²) in [5.41, 5.74) is -1.99. The van der Waals surface area contributed by atoms with Gasteiger partial charge in [0.25, 0.3) is 15.9 Å². The monoisotopic (exact) mass is 694 g/mol. The van der Waals surface area contributed by atoms with E-state index in [-0.39, 0.29) is 33.2 Å². The molecule has 0 aromatic heterocycles. The molecule has 2 saturated heterocycles. The maximum Gasteiger partial charge on any atom is 0.411 e. The zero-order valence-electron chi connectivity index (χ0n) is 28.4. The Morgan fingerprint density at radius 2 is 1.39 bits per heavy atom. The lowest BCUT2D eigenvalue weighted by Gasteiger charge is -2.42. The van der Waals surface area contributed by atoms with Gasteiger partial charge in [-0.25, -0.2) is 13.2 Å². The number of likely N-dealkylation sites (tertiary alicyclic amines) is 1. The van der Waals surface area contributed by atoms with Crippen LogP contribution in [0, 0.1) is 0 Å². The molecule has 2 fully saturated rings. The molecule has 0 spiro atoms. The van der Waals surface area contributed by atoms with Crippen LogP contribution in [-0.4, -0.2) is 116 Å². The van der Waals surface area contributed by atoms with E-state index in [0.29, 0.717) is 34.9 Å². The van der Waals surface area contributed by atoms with E-state index in [1.807, 2.05) is 0 Å². The largest absolute Gasteiger partial charge is 0.497 e. The average Bonchev–Trinajstić information content (AvgIpc) is 3.38. The SMILES string of the molecule is COc1ccc(S(=O)(=O)N2C(=O)C(OC(=O)N3CCC(N4CCN(C)CC4)CC3)(c3ccccc3OC)c3cc(OC)ccc32)c(OC)c1. The van der Waals surface area contributed by atoms with Crippen LogP contribution in [0.15, 0.2) is 65.6 Å². The molecule has 6 rings (SSSR count). The van der Waals surface area contributed by atoms with E-state index in [9.17, 15) is 13.2 Å². The standard InChI is InChI=1S/C35H42N4O9S/c1-36-18-20-37(21-19-36)24-14-16-38(17-15-24)34(41)48-35(27-8-6-7-9-30(27)46-4)28-22-25(44-2)10-12-29(28)39(33(35)40)49(42,43)32-13-11-26(45-3)23-31(32)47-5/h6-13,22-24H,14-21H2,1-5H3. The highest BCUT2D eigenvalue weighted by atomic mass is 32.2. The number of para-hydroxylation sites is 1. The van der Waals surface area contributed by atoms with Crippen molar-refractivity contribution in [2.24, 2.45) is 0 Å². The van der Waals surface area contributed by atoms with E-state index >= 15 is 4.79 Å². The number of piperidine rings is 1. The summed E-state index contributed by atoms with van der Waals surface area (Å²) in [5.74, 6) is -0.123. The van der Waals surface area contributed by atoms with Crippen molar-refractivity contribution in [1.29, 1.82) is 0 Å². The highest BCUT2D eigenvalue weighted by molar-refractivity contribution is 7.93. The van der Waals surface area contributed by atoms with E-state index < -0.39 is 27.6 Å². The number of carbonyl (C=O) groups excluding carboxylic acids is 2. The maximum atomic E-state index is 15.1. The first kappa shape index (κ1) is 34.3. The third-order valence-corrected chi connectivity index (χ3v) is 11.4. The van der Waals surface area contributed by atoms with Gasteiger partial charge in [0.15, 0.2) is 0 Å². The lowest BCUT2D eigenvalue weighted by atomic mass is 9.86. The highest BCUT2D eigenvalue weighted by Crippen LogP contribution is 2.53. The number of hydrogen-bond acceptors (Lipinski definition) is 11. The maximum absolute atomic E-state index is 15.1. The number of hydrogen-bond donors (Lipinski definition) is 0. The summed E-state index contributed by atoms with van der Waals surface area (Å²) in [6.45, 7) is 4.77. The van der Waals surface area contributed by atoms with Crippen LogP contribution in [0.1, 0.15) is 24.0 Å². The molecule has 1 unspecified atom stereocenters. The Morgan fingerprint density at radius 3 is 2.04 bits per heavy atom. The van der Waals surface area contributed by atoms with Crippen molar-refractivity contribution in [3.8, 4) is 23.0 Å². The molecular weight excluding hydrogens is 652 g/mol. The number of carbonyl (C=O) groups is 2. The van der Waals surface area contributed by atoms with Crippen molar-refractivity contribution in [2.75, 3.05) is 79.1 Å². The Balaban J connectivity index is 1.44. The molecule has 13 nitrogen and oxygen atoms in total. The molecule has 0 radical (unpaired) electrons. The Labute approximate surface area is 286 Å². The normalized spacial score (nSPS) is 20.6. The fourth-order valence-electron chi connectivity index (χ4n) is 6.94. The van der Waals surface area contributed by atoms with Gasteiger partial charge in [-0.3, -0.25) is 9.69 Å². The van der Waals surface area contributed by atoms with E-state index in [1.165, 1.54) is 58.8 Å². The lowest BCUT2D eigenvalue weighted by Crippen LogP contribution is -2.54. The molecule has 0 N–H and O–H groups in total. The van der Waals surface area contributed by atoms with E-state index in [4.69, 9.17) is 23.7 Å². The van der Waals surface area contributed by atoms with Crippen molar-refractivity contribution in [3.05, 3.63) is 71.8 Å². The van der Waals surface area contributed by atoms with E-state index in [0.717, 1.165) is 39.0 Å². The predicted octanol–water partition coefficient (Wildman–Crippen LogP) is 3.55. The third kappa shape index (κ3) is 6.02. The number of sulfonamides is 1. The quantitative estimate of drug-likeness (QED) is 0.327. The molecule has 14 heteroatoms. The molecule has 2 amide bonds. The molecule has 49 heavy (non-hydrogen) atoms. The van der Waals surface area contributed by atoms with Gasteiger partial charge >= 0.3 is 6.09 Å². The van der Waals surface area contributed by atoms with Gasteiger partial charge < -0.3 is 33.5 Å². The molecule has 3 aliphatic rings. The first-order chi connectivity index (χ1) is 23.6. The van der Waals surface area contributed by atoms with Gasteiger partial charge in [-0.05, 0) is 56.3 Å². The number of nitrogens with zero attached hydrogens (tertiary/aromatic N) is 4. The Bertz CT molecular complexity index is 1820. The van der Waals surface area contributed by atoms with Crippen molar-refractivity contribution < 1.29 is 41.7 Å². The highest BCUT2D eigenvalue weighted by Gasteiger charge is 2.61. The zero-order valence-corrected chi connectivity index (χ0v) is 29.2. The van der Waals surface area contributed by atoms with Crippen molar-refractivity contribution in [3.63, 3.8) is 0 Å². The minimum Gasteiger partial charge on any atom is -0.497 e. The summed E-state index contributed by atoms with van der Waals surface area (Å²) in [4.78, 5) is 35.4. The molecule has 0 bridgehead atoms. The van der Waals surface area contributed by atoms with Crippen molar-refractivity contribution >= 4 is 27.7 Å². The number of amides is 2. The van der Waals surface area contributed by atoms with E-state index in [1.54, 1.807) is 35.2 Å². The minimum atomic E-state index is -4.66. The topological polar surface area (TPSA) is 127 Å². The van der Waals surface area contributed by atoms with Crippen LogP contribution in [0.3, 0.4) is 0 Å². The number of fused-ring (bicyclic) bond motifs is 1. The molecule has 3 heterocycles. The summed E-state index contributed by atoms with van der Waals surface area (Å²) in [7, 11) is 3.11. The molecule has 1 atom stereocenters. The smallest absolute Gasteiger partial charge is 0.411 e. The number of ether oxygens (including phenoxy) is 5. The van der Waals surface area contributed by atoms with Gasteiger partial charge in [-0.15, -0.1) is 0 Å². The number of anilines is 1. The summed E-state index contributed by atoms with van der Waals surface area (Å²) in [6.07, 6.45) is 0.749. The van der Waals surface area contributed by atoms with Crippen LogP contribution >= 0.6 is 0 Å². The van der Waals surface area contributed by atoms with Crippen LogP contribution in [0.5, 0.6) is 23.0 Å². The number of benzene rings is 3. The lowest BCUT2D eigenvalue weighted by molar-refractivity contribution is -0.132. The van der Waals surface area contributed by atoms with Gasteiger partial charge in [0.2, 0.25) is 5.60 Å². The first-order valence-corrected chi connectivity index (χ1v) is 17.6. The zero-order chi connectivity index (χ0) is 34.9. The third-order valence-electron chi connectivity index (χ3n) is 9.68. The van der Waals surface area contributed by atoms with Crippen LogP contribution in [0.4, 0.5) is 10.5 Å². The molecule has 3 aromatic rings. The number of methoxy groups -OCH3 is 4. The summed E-state index contributed by atoms with van der Waals surface area (Å²) < 4.78 is 58.1. The number of piperazine rings is 1. The Kier molecular flexibility index (Phi) is 9.65. The Morgan fingerprint density at radius 1 is 0.755 bits per heavy atom. The van der Waals surface area contributed by atoms with Gasteiger partial charge in [0.1, 0.15) is 27.9 Å². The fraction of sp³-hybridized carbons (Fsp3) is 0.429. The molecule has 0 saturated carbocycles. The number of likely N-dealkylation sites (N-methyl/N-ethyl adjacent to an activating group) is 1. The van der Waals surface area contributed by atoms with Gasteiger partial charge in [0.05, 0.1) is 39.7 Å². The second kappa shape index (κ2) is 13.8. The van der Waals surface area contributed by atoms with Gasteiger partial charge in [-0.1, -0.05) is 18.2 Å². The molecule has 3 aromatic carbocycles. The van der Waals surface area contributed by atoms with Crippen LogP contribution in [0.2, 0.25) is 0 Å². The van der Waals surface area contributed by atoms with Gasteiger partial charge in [0, 0.05) is 56.9 Å². The van der Waals surface area contributed by atoms with E-state index in [2.05, 4.69) is 16.8 Å². The summed E-state index contributed by atoms with van der Waals surface area (Å²) in [5, 5.41) is 0. The molecular formula is C35H42N4O9S. The predicted molar refractivity (Wildman–Crippen MR) is 181 cm³/mol. The van der Waals surface area contributed by atoms with Crippen LogP contribution in [0.25, 0.3) is 0 Å². The minimum absolute atomic E-state index is 0.00356. The Hall–Kier alpha value is -4.53. The second-order valence-electron chi connectivity index (χ2n) is 12.3. The average molecular weight is 695 g/mol. The second-order valence-corrected chi connectivity index (χ2v) is 14.0. The van der Waals surface area contributed by atoms with Crippen molar-refractivity contribution in [2.45, 2.75) is 29.4 Å². The van der Waals surface area contributed by atoms with Gasteiger partial charge in [-0.2, -0.15) is 4.31 Å². The van der Waals surface area contributed by atoms with Crippen LogP contribution in [-0.2, 0) is 25.2 Å². The fourth-order valence-corrected chi connectivity index (χ4v) is 8.54. The molecule has 0 aliphatic carbocycles. The summed E-state index contributed by atoms with van der Waals surface area (Å²) in [6, 6.07) is 15.7. The summed E-state index contributed by atoms with van der Waals surface area (Å²) >= 11 is 0. The molecule has 3 aliphatic heterocycles.